The van der Waals surface area contributed by atoms with Crippen LogP contribution in [-0.4, -0.2) is 47.4 Å². The summed E-state index contributed by atoms with van der Waals surface area (Å²) in [4.78, 5) is 24.6. The standard InChI is InChI=1S/C88H169NO5/c1-3-5-7-9-11-13-15-17-18-19-20-21-22-38-41-44-47-50-53-57-60-64-68-72-76-80-86(91)85(84-90)89-87(92)81-77-73-69-65-61-58-54-51-48-45-42-39-36-34-32-30-28-26-24-23-25-27-29-31-33-35-37-40-43-46-49-52-55-59-63-67-71-75-79-83-94-88(93)82-78-74-70-66-62-56-16-14-12-10-8-6-4-2/h8,10,14,16,23-24,85-86,90-91H,3-7,9,11-13,15,17-22,25-84H2,1-2H3,(H,89,92)/b10-8-,16-14-,24-23-. The van der Waals surface area contributed by atoms with Gasteiger partial charge in [0.1, 0.15) is 0 Å². The second-order valence-corrected chi connectivity index (χ2v) is 29.9. The van der Waals surface area contributed by atoms with Gasteiger partial charge in [-0.1, -0.05) is 436 Å². The topological polar surface area (TPSA) is 95.9 Å². The molecule has 2 atom stereocenters. The Morgan fingerprint density at radius 3 is 0.862 bits per heavy atom. The Morgan fingerprint density at radius 2 is 0.553 bits per heavy atom. The zero-order valence-corrected chi connectivity index (χ0v) is 64.0. The van der Waals surface area contributed by atoms with Crippen molar-refractivity contribution >= 4 is 11.9 Å². The molecule has 0 aromatic rings. The van der Waals surface area contributed by atoms with Crippen LogP contribution < -0.4 is 5.32 Å². The fourth-order valence-corrected chi connectivity index (χ4v) is 13.9. The van der Waals surface area contributed by atoms with E-state index in [1.54, 1.807) is 0 Å². The van der Waals surface area contributed by atoms with Gasteiger partial charge in [0.25, 0.3) is 0 Å². The zero-order chi connectivity index (χ0) is 67.7. The van der Waals surface area contributed by atoms with E-state index in [2.05, 4.69) is 55.6 Å². The summed E-state index contributed by atoms with van der Waals surface area (Å²) in [5.41, 5.74) is 0. The van der Waals surface area contributed by atoms with Gasteiger partial charge < -0.3 is 20.3 Å². The second-order valence-electron chi connectivity index (χ2n) is 29.9. The largest absolute Gasteiger partial charge is 0.466 e. The number of rotatable bonds is 82. The molecule has 0 aliphatic heterocycles. The van der Waals surface area contributed by atoms with Crippen molar-refractivity contribution in [2.24, 2.45) is 0 Å². The van der Waals surface area contributed by atoms with Crippen molar-refractivity contribution in [1.29, 1.82) is 0 Å². The highest BCUT2D eigenvalue weighted by Crippen LogP contribution is 2.21. The highest BCUT2D eigenvalue weighted by atomic mass is 16.5. The highest BCUT2D eigenvalue weighted by molar-refractivity contribution is 5.76. The maximum atomic E-state index is 12.6. The van der Waals surface area contributed by atoms with E-state index in [0.717, 1.165) is 51.4 Å². The Kier molecular flexibility index (Phi) is 81.8. The number of aliphatic hydroxyl groups is 2. The molecule has 0 aromatic carbocycles. The summed E-state index contributed by atoms with van der Waals surface area (Å²) in [5, 5.41) is 23.5. The normalized spacial score (nSPS) is 12.6. The molecule has 0 aliphatic rings. The fourth-order valence-electron chi connectivity index (χ4n) is 13.9. The van der Waals surface area contributed by atoms with Crippen molar-refractivity contribution in [3.63, 3.8) is 0 Å². The number of unbranched alkanes of at least 4 members (excludes halogenated alkanes) is 65. The average molecular weight is 1320 g/mol. The van der Waals surface area contributed by atoms with Crippen LogP contribution in [0.25, 0.3) is 0 Å². The Hall–Kier alpha value is -1.92. The summed E-state index contributed by atoms with van der Waals surface area (Å²) in [5.74, 6) is -0.0166. The van der Waals surface area contributed by atoms with Crippen LogP contribution in [0.4, 0.5) is 0 Å². The maximum absolute atomic E-state index is 12.6. The van der Waals surface area contributed by atoms with E-state index in [0.29, 0.717) is 25.9 Å². The lowest BCUT2D eigenvalue weighted by molar-refractivity contribution is -0.143. The number of aliphatic hydroxyl groups excluding tert-OH is 2. The number of hydrogen-bond donors (Lipinski definition) is 3. The molecule has 1 amide bonds. The number of carbonyl (C=O) groups is 2. The molecular weight excluding hydrogens is 1150 g/mol. The molecule has 0 rings (SSSR count). The maximum Gasteiger partial charge on any atom is 0.305 e. The Morgan fingerprint density at radius 1 is 0.298 bits per heavy atom. The number of hydrogen-bond acceptors (Lipinski definition) is 5. The van der Waals surface area contributed by atoms with Gasteiger partial charge in [-0.3, -0.25) is 9.59 Å². The van der Waals surface area contributed by atoms with E-state index in [-0.39, 0.29) is 18.5 Å². The molecule has 0 aliphatic carbocycles. The monoisotopic (exact) mass is 1320 g/mol. The third-order valence-electron chi connectivity index (χ3n) is 20.4. The van der Waals surface area contributed by atoms with Crippen molar-refractivity contribution in [2.75, 3.05) is 13.2 Å². The minimum absolute atomic E-state index is 0.00777. The van der Waals surface area contributed by atoms with Crippen LogP contribution in [0.15, 0.2) is 36.5 Å². The third kappa shape index (κ3) is 79.1. The van der Waals surface area contributed by atoms with Crippen LogP contribution in [0, 0.1) is 0 Å². The van der Waals surface area contributed by atoms with Crippen molar-refractivity contribution in [1.82, 2.24) is 5.32 Å². The predicted molar refractivity (Wildman–Crippen MR) is 416 cm³/mol. The predicted octanol–water partition coefficient (Wildman–Crippen LogP) is 28.9. The van der Waals surface area contributed by atoms with Crippen LogP contribution in [-0.2, 0) is 14.3 Å². The number of allylic oxidation sites excluding steroid dienone is 6. The van der Waals surface area contributed by atoms with E-state index < -0.39 is 12.1 Å². The zero-order valence-electron chi connectivity index (χ0n) is 64.0. The Bertz CT molecular complexity index is 1520. The van der Waals surface area contributed by atoms with Crippen molar-refractivity contribution in [2.45, 2.75) is 501 Å². The van der Waals surface area contributed by atoms with Crippen LogP contribution >= 0.6 is 0 Å². The lowest BCUT2D eigenvalue weighted by Crippen LogP contribution is -2.45. The summed E-state index contributed by atoms with van der Waals surface area (Å²) in [6.45, 7) is 4.94. The lowest BCUT2D eigenvalue weighted by atomic mass is 10.0. The number of amides is 1. The molecule has 0 aromatic heterocycles. The van der Waals surface area contributed by atoms with Gasteiger partial charge in [0.15, 0.2) is 0 Å². The third-order valence-corrected chi connectivity index (χ3v) is 20.4. The van der Waals surface area contributed by atoms with Crippen molar-refractivity contribution in [3.8, 4) is 0 Å². The van der Waals surface area contributed by atoms with Crippen molar-refractivity contribution in [3.05, 3.63) is 36.5 Å². The van der Waals surface area contributed by atoms with Crippen LogP contribution in [0.5, 0.6) is 0 Å². The molecule has 94 heavy (non-hydrogen) atoms. The van der Waals surface area contributed by atoms with E-state index >= 15 is 0 Å². The molecular formula is C88H169NO5. The first-order chi connectivity index (χ1) is 46.5. The van der Waals surface area contributed by atoms with E-state index in [4.69, 9.17) is 4.74 Å². The van der Waals surface area contributed by atoms with Gasteiger partial charge in [0, 0.05) is 12.8 Å². The first-order valence-electron chi connectivity index (χ1n) is 43.2. The van der Waals surface area contributed by atoms with Crippen molar-refractivity contribution < 1.29 is 24.5 Å². The van der Waals surface area contributed by atoms with Gasteiger partial charge >= 0.3 is 5.97 Å². The molecule has 556 valence electrons. The van der Waals surface area contributed by atoms with Crippen LogP contribution in [0.3, 0.4) is 0 Å². The van der Waals surface area contributed by atoms with Gasteiger partial charge in [-0.15, -0.1) is 0 Å². The summed E-state index contributed by atoms with van der Waals surface area (Å²) in [6, 6.07) is -0.540. The molecule has 6 heteroatoms. The Balaban J connectivity index is 3.33. The minimum atomic E-state index is -0.663. The number of nitrogens with one attached hydrogen (secondary N) is 1. The molecule has 0 heterocycles. The highest BCUT2D eigenvalue weighted by Gasteiger charge is 2.20. The van der Waals surface area contributed by atoms with E-state index in [9.17, 15) is 19.8 Å². The summed E-state index contributed by atoms with van der Waals surface area (Å²) < 4.78 is 5.49. The molecule has 0 radical (unpaired) electrons. The second kappa shape index (κ2) is 83.5. The molecule has 6 nitrogen and oxygen atoms in total. The molecule has 3 N–H and O–H groups in total. The van der Waals surface area contributed by atoms with Crippen LogP contribution in [0.2, 0.25) is 0 Å². The summed E-state index contributed by atoms with van der Waals surface area (Å²) in [7, 11) is 0. The molecule has 0 spiro atoms. The fraction of sp³-hybridized carbons (Fsp3) is 0.909. The smallest absolute Gasteiger partial charge is 0.305 e. The summed E-state index contributed by atoms with van der Waals surface area (Å²) >= 11 is 0. The van der Waals surface area contributed by atoms with Gasteiger partial charge in [-0.05, 0) is 77.0 Å². The number of esters is 1. The molecule has 0 saturated heterocycles. The van der Waals surface area contributed by atoms with Gasteiger partial charge in [0.2, 0.25) is 5.91 Å². The molecule has 2 unspecified atom stereocenters. The Labute approximate surface area is 589 Å². The number of carbonyl (C=O) groups excluding carboxylic acids is 2. The quantitative estimate of drug-likeness (QED) is 0.0320. The van der Waals surface area contributed by atoms with E-state index in [1.165, 1.54) is 405 Å². The molecule has 0 bridgehead atoms. The van der Waals surface area contributed by atoms with Gasteiger partial charge in [-0.2, -0.15) is 0 Å². The average Bonchev–Trinajstić information content (AvgIpc) is 3.72. The molecule has 0 fully saturated rings. The first kappa shape index (κ1) is 92.1. The van der Waals surface area contributed by atoms with E-state index in [1.807, 2.05) is 0 Å². The first-order valence-corrected chi connectivity index (χ1v) is 43.2. The van der Waals surface area contributed by atoms with Gasteiger partial charge in [0.05, 0.1) is 25.4 Å². The SMILES string of the molecule is CCC/C=C\C/C=C\CCCCCCCC(=O)OCCCCCCCCCCCCCCCCCCCC/C=C\CCCCCCCCCCCCCCCCCCCC(=O)NC(CO)C(O)CCCCCCCCCCCCCCCCCCCCCCCCCCC. The van der Waals surface area contributed by atoms with Crippen LogP contribution in [0.1, 0.15) is 489 Å². The summed E-state index contributed by atoms with van der Waals surface area (Å²) in [6.07, 6.45) is 110. The lowest BCUT2D eigenvalue weighted by Gasteiger charge is -2.22. The number of ether oxygens (including phenoxy) is 1. The minimum Gasteiger partial charge on any atom is -0.466 e. The molecule has 0 saturated carbocycles. The van der Waals surface area contributed by atoms with Gasteiger partial charge in [-0.25, -0.2) is 0 Å².